The lowest BCUT2D eigenvalue weighted by atomic mass is 10.0. The number of non-ortho nitro benzene ring substituents is 1. The van der Waals surface area contributed by atoms with Crippen LogP contribution in [0.4, 0.5) is 10.5 Å². The van der Waals surface area contributed by atoms with Gasteiger partial charge in [0.05, 0.1) is 11.0 Å². The second kappa shape index (κ2) is 8.83. The van der Waals surface area contributed by atoms with Gasteiger partial charge in [-0.3, -0.25) is 10.1 Å². The van der Waals surface area contributed by atoms with E-state index in [0.29, 0.717) is 19.5 Å². The minimum absolute atomic E-state index is 0.0243. The maximum atomic E-state index is 12.0. The van der Waals surface area contributed by atoms with E-state index >= 15 is 0 Å². The van der Waals surface area contributed by atoms with Gasteiger partial charge in [-0.25, -0.2) is 4.79 Å². The fourth-order valence-electron chi connectivity index (χ4n) is 3.34. The Bertz CT molecular complexity index is 698. The third kappa shape index (κ3) is 5.18. The summed E-state index contributed by atoms with van der Waals surface area (Å²) in [4.78, 5) is 22.3. The number of nitrogens with zero attached hydrogens (tertiary/aromatic N) is 1. The van der Waals surface area contributed by atoms with Gasteiger partial charge >= 0.3 is 6.09 Å². The molecule has 0 saturated carbocycles. The molecular weight excluding hydrogens is 352 g/mol. The van der Waals surface area contributed by atoms with Crippen molar-refractivity contribution in [1.82, 2.24) is 16.0 Å². The van der Waals surface area contributed by atoms with Crippen molar-refractivity contribution in [2.75, 3.05) is 19.6 Å². The van der Waals surface area contributed by atoms with Crippen LogP contribution in [0, 0.1) is 10.1 Å². The Balaban J connectivity index is 1.52. The number of carbonyl (C=O) groups is 1. The van der Waals surface area contributed by atoms with E-state index in [-0.39, 0.29) is 11.7 Å². The minimum atomic E-state index is -0.798. The van der Waals surface area contributed by atoms with Gasteiger partial charge in [-0.2, -0.15) is 0 Å². The summed E-state index contributed by atoms with van der Waals surface area (Å²) in [5.41, 5.74) is 2.00. The quantitative estimate of drug-likeness (QED) is 0.428. The molecule has 2 fully saturated rings. The number of ether oxygens (including phenoxy) is 1. The number of benzene rings is 1. The third-order valence-corrected chi connectivity index (χ3v) is 4.78. The Kier molecular flexibility index (Phi) is 6.25. The summed E-state index contributed by atoms with van der Waals surface area (Å²) >= 11 is 0. The minimum Gasteiger partial charge on any atom is -0.442 e. The molecule has 2 saturated heterocycles. The van der Waals surface area contributed by atoms with Crippen molar-refractivity contribution in [2.24, 2.45) is 0 Å². The number of carbonyl (C=O) groups excluding carboxylic acids is 1. The monoisotopic (exact) mass is 376 g/mol. The molecule has 1 aromatic rings. The van der Waals surface area contributed by atoms with E-state index in [4.69, 9.17) is 4.74 Å². The molecular formula is C18H24N4O5. The average Bonchev–Trinajstić information content (AvgIpc) is 3.27. The van der Waals surface area contributed by atoms with Crippen LogP contribution in [0.1, 0.15) is 18.4 Å². The Hall–Kier alpha value is -2.65. The molecule has 9 nitrogen and oxygen atoms in total. The van der Waals surface area contributed by atoms with Crippen molar-refractivity contribution in [2.45, 2.75) is 37.5 Å². The summed E-state index contributed by atoms with van der Waals surface area (Å²) in [5.74, 6) is 0. The van der Waals surface area contributed by atoms with E-state index < -0.39 is 23.2 Å². The Morgan fingerprint density at radius 1 is 1.41 bits per heavy atom. The van der Waals surface area contributed by atoms with Crippen LogP contribution < -0.4 is 16.0 Å². The fraction of sp³-hybridized carbons (Fsp3) is 0.500. The van der Waals surface area contributed by atoms with Crippen molar-refractivity contribution >= 4 is 11.8 Å². The zero-order valence-corrected chi connectivity index (χ0v) is 14.9. The van der Waals surface area contributed by atoms with Crippen molar-refractivity contribution in [3.8, 4) is 0 Å². The highest BCUT2D eigenvalue weighted by molar-refractivity contribution is 5.67. The van der Waals surface area contributed by atoms with E-state index in [2.05, 4.69) is 16.0 Å². The molecule has 1 aromatic carbocycles. The topological polar surface area (TPSA) is 126 Å². The molecule has 1 amide bonds. The van der Waals surface area contributed by atoms with Gasteiger partial charge in [0.15, 0.2) is 0 Å². The molecule has 0 aliphatic carbocycles. The number of amides is 1. The standard InChI is InChI=1S/C18H24N4O5/c23-16-11-21-15(10-12-3-5-14(6-4-12)22(25)26)17(16)27-18(24)20-9-7-13-2-1-8-19-13/h3-7,15-17,19,21,23H,1-2,8-11H2,(H,20,24)/b13-7+/t15-,16+,17+/m1/s1. The SMILES string of the molecule is O=C(NC/C=C1\CCCN1)O[C@@H]1[C@@H](O)CN[C@@H]1Cc1ccc([N+](=O)[O-])cc1. The van der Waals surface area contributed by atoms with E-state index in [1.54, 1.807) is 12.1 Å². The van der Waals surface area contributed by atoms with Crippen molar-refractivity contribution in [3.63, 3.8) is 0 Å². The van der Waals surface area contributed by atoms with Crippen molar-refractivity contribution < 1.29 is 19.6 Å². The van der Waals surface area contributed by atoms with E-state index in [0.717, 1.165) is 30.6 Å². The highest BCUT2D eigenvalue weighted by Crippen LogP contribution is 2.19. The summed E-state index contributed by atoms with van der Waals surface area (Å²) in [5, 5.41) is 29.9. The highest BCUT2D eigenvalue weighted by atomic mass is 16.6. The molecule has 4 N–H and O–H groups in total. The van der Waals surface area contributed by atoms with Crippen molar-refractivity contribution in [3.05, 3.63) is 51.7 Å². The van der Waals surface area contributed by atoms with Gasteiger partial charge in [0.2, 0.25) is 0 Å². The number of alkyl carbamates (subject to hydrolysis) is 1. The number of aliphatic hydroxyl groups excluding tert-OH is 1. The predicted octanol–water partition coefficient (Wildman–Crippen LogP) is 0.832. The lowest BCUT2D eigenvalue weighted by Gasteiger charge is -2.22. The molecule has 0 radical (unpaired) electrons. The summed E-state index contributed by atoms with van der Waals surface area (Å²) in [6, 6.07) is 5.95. The molecule has 9 heteroatoms. The van der Waals surface area contributed by atoms with Gasteiger partial charge in [0.1, 0.15) is 12.2 Å². The molecule has 0 spiro atoms. The lowest BCUT2D eigenvalue weighted by molar-refractivity contribution is -0.384. The number of nitro benzene ring substituents is 1. The summed E-state index contributed by atoms with van der Waals surface area (Å²) in [6.07, 6.45) is 2.43. The molecule has 27 heavy (non-hydrogen) atoms. The fourth-order valence-corrected chi connectivity index (χ4v) is 3.34. The molecule has 2 aliphatic heterocycles. The van der Waals surface area contributed by atoms with Crippen LogP contribution in [0.5, 0.6) is 0 Å². The number of β-amino-alcohol motifs (C(OH)–C–C–N with tert-alkyl or cyclic N) is 1. The van der Waals surface area contributed by atoms with Crippen LogP contribution in [0.15, 0.2) is 36.0 Å². The van der Waals surface area contributed by atoms with E-state index in [1.807, 2.05) is 6.08 Å². The van der Waals surface area contributed by atoms with Crippen LogP contribution in [0.3, 0.4) is 0 Å². The lowest BCUT2D eigenvalue weighted by Crippen LogP contribution is -2.41. The molecule has 146 valence electrons. The largest absolute Gasteiger partial charge is 0.442 e. The molecule has 0 aromatic heterocycles. The zero-order valence-electron chi connectivity index (χ0n) is 14.9. The number of allylic oxidation sites excluding steroid dienone is 1. The Morgan fingerprint density at radius 2 is 2.19 bits per heavy atom. The van der Waals surface area contributed by atoms with E-state index in [9.17, 15) is 20.0 Å². The Morgan fingerprint density at radius 3 is 2.85 bits per heavy atom. The molecule has 2 aliphatic rings. The number of nitro groups is 1. The number of nitrogens with one attached hydrogen (secondary N) is 3. The summed E-state index contributed by atoms with van der Waals surface area (Å²) in [7, 11) is 0. The number of hydrogen-bond donors (Lipinski definition) is 4. The van der Waals surface area contributed by atoms with E-state index in [1.165, 1.54) is 12.1 Å². The summed E-state index contributed by atoms with van der Waals surface area (Å²) < 4.78 is 5.41. The Labute approximate surface area is 156 Å². The van der Waals surface area contributed by atoms with Gasteiger partial charge in [-0.15, -0.1) is 0 Å². The molecule has 2 heterocycles. The summed E-state index contributed by atoms with van der Waals surface area (Å²) in [6.45, 7) is 1.65. The third-order valence-electron chi connectivity index (χ3n) is 4.78. The predicted molar refractivity (Wildman–Crippen MR) is 98.2 cm³/mol. The highest BCUT2D eigenvalue weighted by Gasteiger charge is 2.37. The first-order valence-electron chi connectivity index (χ1n) is 9.05. The van der Waals surface area contributed by atoms with Crippen LogP contribution in [-0.4, -0.2) is 54.0 Å². The molecule has 0 bridgehead atoms. The number of aliphatic hydroxyl groups is 1. The van der Waals surface area contributed by atoms with Crippen LogP contribution in [0.25, 0.3) is 0 Å². The maximum absolute atomic E-state index is 12.0. The molecule has 3 rings (SSSR count). The first-order valence-corrected chi connectivity index (χ1v) is 9.05. The van der Waals surface area contributed by atoms with Crippen LogP contribution >= 0.6 is 0 Å². The van der Waals surface area contributed by atoms with Gasteiger partial charge < -0.3 is 25.8 Å². The van der Waals surface area contributed by atoms with Crippen molar-refractivity contribution in [1.29, 1.82) is 0 Å². The van der Waals surface area contributed by atoms with Crippen LogP contribution in [-0.2, 0) is 11.2 Å². The van der Waals surface area contributed by atoms with Gasteiger partial charge in [-0.1, -0.05) is 12.1 Å². The zero-order chi connectivity index (χ0) is 19.2. The molecule has 0 unspecified atom stereocenters. The first kappa shape index (κ1) is 19.1. The number of rotatable bonds is 6. The molecule has 3 atom stereocenters. The second-order valence-corrected chi connectivity index (χ2v) is 6.72. The maximum Gasteiger partial charge on any atom is 0.407 e. The van der Waals surface area contributed by atoms with Gasteiger partial charge in [0, 0.05) is 37.5 Å². The smallest absolute Gasteiger partial charge is 0.407 e. The first-order chi connectivity index (χ1) is 13.0. The van der Waals surface area contributed by atoms with Gasteiger partial charge in [-0.05, 0) is 30.9 Å². The normalized spacial score (nSPS) is 26.0. The van der Waals surface area contributed by atoms with Gasteiger partial charge in [0.25, 0.3) is 5.69 Å². The average molecular weight is 376 g/mol. The number of hydrogen-bond acceptors (Lipinski definition) is 7. The second-order valence-electron chi connectivity index (χ2n) is 6.72. The van der Waals surface area contributed by atoms with Crippen LogP contribution in [0.2, 0.25) is 0 Å².